The topological polar surface area (TPSA) is 32.3 Å². The Morgan fingerprint density at radius 2 is 2.26 bits per heavy atom. The molecular formula is C15H22N2OS. The molecule has 1 aromatic rings. The molecule has 1 unspecified atom stereocenters. The highest BCUT2D eigenvalue weighted by molar-refractivity contribution is 7.10. The SMILES string of the molecule is O=C(Cc1cccs1)N(CC1CC1)CC1CCCN1. The molecule has 1 aliphatic carbocycles. The molecule has 4 heteroatoms. The van der Waals surface area contributed by atoms with Crippen molar-refractivity contribution >= 4 is 17.2 Å². The Hall–Kier alpha value is -0.870. The Morgan fingerprint density at radius 3 is 2.89 bits per heavy atom. The number of carbonyl (C=O) groups is 1. The standard InChI is InChI=1S/C15H22N2OS/c18-15(9-14-4-2-8-19-14)17(10-12-5-6-12)11-13-3-1-7-16-13/h2,4,8,12-13,16H,1,3,5-7,9-11H2. The summed E-state index contributed by atoms with van der Waals surface area (Å²) in [6.07, 6.45) is 5.66. The summed E-state index contributed by atoms with van der Waals surface area (Å²) in [5, 5.41) is 5.55. The normalized spacial score (nSPS) is 22.6. The average Bonchev–Trinajstić information content (AvgIpc) is 2.88. The first kappa shape index (κ1) is 13.1. The molecular weight excluding hydrogens is 256 g/mol. The van der Waals surface area contributed by atoms with Gasteiger partial charge in [-0.3, -0.25) is 4.79 Å². The van der Waals surface area contributed by atoms with Gasteiger partial charge in [0.15, 0.2) is 0 Å². The summed E-state index contributed by atoms with van der Waals surface area (Å²) in [6.45, 7) is 2.99. The highest BCUT2D eigenvalue weighted by atomic mass is 32.1. The highest BCUT2D eigenvalue weighted by Gasteiger charge is 2.29. The molecule has 0 aromatic carbocycles. The molecule has 1 atom stereocenters. The molecule has 1 aromatic heterocycles. The lowest BCUT2D eigenvalue weighted by Crippen LogP contribution is -2.42. The molecule has 19 heavy (non-hydrogen) atoms. The second-order valence-corrected chi connectivity index (χ2v) is 6.82. The molecule has 2 aliphatic rings. The molecule has 3 rings (SSSR count). The minimum atomic E-state index is 0.308. The lowest BCUT2D eigenvalue weighted by Gasteiger charge is -2.26. The highest BCUT2D eigenvalue weighted by Crippen LogP contribution is 2.30. The van der Waals surface area contributed by atoms with E-state index in [-0.39, 0.29) is 0 Å². The van der Waals surface area contributed by atoms with E-state index in [4.69, 9.17) is 0 Å². The molecule has 1 saturated carbocycles. The first-order valence-electron chi connectivity index (χ1n) is 7.35. The van der Waals surface area contributed by atoms with Crippen LogP contribution in [-0.4, -0.2) is 36.5 Å². The minimum Gasteiger partial charge on any atom is -0.341 e. The van der Waals surface area contributed by atoms with Crippen LogP contribution in [0, 0.1) is 5.92 Å². The van der Waals surface area contributed by atoms with Gasteiger partial charge in [0.25, 0.3) is 0 Å². The van der Waals surface area contributed by atoms with E-state index in [1.807, 2.05) is 11.4 Å². The van der Waals surface area contributed by atoms with Crippen LogP contribution in [0.2, 0.25) is 0 Å². The van der Waals surface area contributed by atoms with Crippen molar-refractivity contribution in [3.63, 3.8) is 0 Å². The number of amides is 1. The summed E-state index contributed by atoms with van der Waals surface area (Å²) in [7, 11) is 0. The van der Waals surface area contributed by atoms with Gasteiger partial charge in [-0.15, -0.1) is 11.3 Å². The summed E-state index contributed by atoms with van der Waals surface area (Å²) in [5.74, 6) is 1.08. The van der Waals surface area contributed by atoms with Crippen LogP contribution in [0.4, 0.5) is 0 Å². The third-order valence-electron chi connectivity index (χ3n) is 4.04. The quantitative estimate of drug-likeness (QED) is 0.866. The van der Waals surface area contributed by atoms with Crippen molar-refractivity contribution in [1.29, 1.82) is 0 Å². The number of hydrogen-bond acceptors (Lipinski definition) is 3. The van der Waals surface area contributed by atoms with Crippen LogP contribution >= 0.6 is 11.3 Å². The summed E-state index contributed by atoms with van der Waals surface area (Å²) in [6, 6.07) is 4.61. The summed E-state index contributed by atoms with van der Waals surface area (Å²) in [5.41, 5.74) is 0. The summed E-state index contributed by atoms with van der Waals surface area (Å²) < 4.78 is 0. The fourth-order valence-electron chi connectivity index (χ4n) is 2.74. The summed E-state index contributed by atoms with van der Waals surface area (Å²) in [4.78, 5) is 15.8. The number of thiophene rings is 1. The van der Waals surface area contributed by atoms with Crippen molar-refractivity contribution < 1.29 is 4.79 Å². The third-order valence-corrected chi connectivity index (χ3v) is 4.91. The number of nitrogens with one attached hydrogen (secondary N) is 1. The molecule has 2 fully saturated rings. The van der Waals surface area contributed by atoms with Crippen LogP contribution < -0.4 is 5.32 Å². The first-order valence-corrected chi connectivity index (χ1v) is 8.23. The van der Waals surface area contributed by atoms with Gasteiger partial charge >= 0.3 is 0 Å². The molecule has 0 bridgehead atoms. The maximum atomic E-state index is 12.5. The zero-order chi connectivity index (χ0) is 13.1. The van der Waals surface area contributed by atoms with Gasteiger partial charge < -0.3 is 10.2 Å². The van der Waals surface area contributed by atoms with Crippen molar-refractivity contribution in [1.82, 2.24) is 10.2 Å². The van der Waals surface area contributed by atoms with E-state index < -0.39 is 0 Å². The molecule has 1 saturated heterocycles. The monoisotopic (exact) mass is 278 g/mol. The van der Waals surface area contributed by atoms with Gasteiger partial charge in [0.05, 0.1) is 6.42 Å². The first-order chi connectivity index (χ1) is 9.31. The van der Waals surface area contributed by atoms with Gasteiger partial charge in [-0.05, 0) is 49.6 Å². The third kappa shape index (κ3) is 3.80. The molecule has 2 heterocycles. The molecule has 3 nitrogen and oxygen atoms in total. The number of carbonyl (C=O) groups excluding carboxylic acids is 1. The van der Waals surface area contributed by atoms with E-state index in [9.17, 15) is 4.79 Å². The molecule has 1 amide bonds. The minimum absolute atomic E-state index is 0.308. The van der Waals surface area contributed by atoms with Crippen LogP contribution in [0.15, 0.2) is 17.5 Å². The van der Waals surface area contributed by atoms with Crippen LogP contribution in [-0.2, 0) is 11.2 Å². The van der Waals surface area contributed by atoms with Crippen molar-refractivity contribution in [2.75, 3.05) is 19.6 Å². The van der Waals surface area contributed by atoms with E-state index >= 15 is 0 Å². The number of hydrogen-bond donors (Lipinski definition) is 1. The van der Waals surface area contributed by atoms with Gasteiger partial charge in [0, 0.05) is 24.0 Å². The van der Waals surface area contributed by atoms with Gasteiger partial charge in [-0.25, -0.2) is 0 Å². The largest absolute Gasteiger partial charge is 0.341 e. The Kier molecular flexibility index (Phi) is 4.18. The molecule has 0 spiro atoms. The van der Waals surface area contributed by atoms with E-state index in [1.165, 1.54) is 30.6 Å². The number of rotatable bonds is 6. The smallest absolute Gasteiger partial charge is 0.227 e. The predicted octanol–water partition coefficient (Wildman–Crippen LogP) is 2.28. The fraction of sp³-hybridized carbons (Fsp3) is 0.667. The van der Waals surface area contributed by atoms with Crippen molar-refractivity contribution in [2.24, 2.45) is 5.92 Å². The van der Waals surface area contributed by atoms with Gasteiger partial charge in [-0.1, -0.05) is 6.07 Å². The van der Waals surface area contributed by atoms with E-state index in [2.05, 4.69) is 16.3 Å². The maximum Gasteiger partial charge on any atom is 0.227 e. The molecule has 1 N–H and O–H groups in total. The maximum absolute atomic E-state index is 12.5. The van der Waals surface area contributed by atoms with Crippen LogP contribution in [0.3, 0.4) is 0 Å². The fourth-order valence-corrected chi connectivity index (χ4v) is 3.44. The van der Waals surface area contributed by atoms with Crippen LogP contribution in [0.5, 0.6) is 0 Å². The second-order valence-electron chi connectivity index (χ2n) is 5.79. The zero-order valence-electron chi connectivity index (χ0n) is 11.3. The van der Waals surface area contributed by atoms with Crippen LogP contribution in [0.1, 0.15) is 30.6 Å². The lowest BCUT2D eigenvalue weighted by atomic mass is 10.2. The van der Waals surface area contributed by atoms with Gasteiger partial charge in [0.2, 0.25) is 5.91 Å². The average molecular weight is 278 g/mol. The second kappa shape index (κ2) is 6.06. The zero-order valence-corrected chi connectivity index (χ0v) is 12.1. The van der Waals surface area contributed by atoms with Crippen molar-refractivity contribution in [2.45, 2.75) is 38.1 Å². The molecule has 104 valence electrons. The van der Waals surface area contributed by atoms with Crippen molar-refractivity contribution in [3.05, 3.63) is 22.4 Å². The van der Waals surface area contributed by atoms with Crippen molar-refractivity contribution in [3.8, 4) is 0 Å². The Bertz CT molecular complexity index is 408. The van der Waals surface area contributed by atoms with E-state index in [0.29, 0.717) is 18.4 Å². The Balaban J connectivity index is 1.58. The predicted molar refractivity (Wildman–Crippen MR) is 78.4 cm³/mol. The van der Waals surface area contributed by atoms with Gasteiger partial charge in [-0.2, -0.15) is 0 Å². The van der Waals surface area contributed by atoms with Crippen LogP contribution in [0.25, 0.3) is 0 Å². The molecule has 1 aliphatic heterocycles. The lowest BCUT2D eigenvalue weighted by molar-refractivity contribution is -0.131. The Morgan fingerprint density at radius 1 is 1.37 bits per heavy atom. The number of nitrogens with zero attached hydrogens (tertiary/aromatic N) is 1. The molecule has 0 radical (unpaired) electrons. The summed E-state index contributed by atoms with van der Waals surface area (Å²) >= 11 is 1.68. The van der Waals surface area contributed by atoms with E-state index in [1.54, 1.807) is 11.3 Å². The van der Waals surface area contributed by atoms with E-state index in [0.717, 1.165) is 25.6 Å². The Labute approximate surface area is 119 Å². The van der Waals surface area contributed by atoms with Gasteiger partial charge in [0.1, 0.15) is 0 Å².